The predicted molar refractivity (Wildman–Crippen MR) is 79.7 cm³/mol. The number of aromatic nitrogens is 2. The molecule has 2 aliphatic rings. The summed E-state index contributed by atoms with van der Waals surface area (Å²) in [5.41, 5.74) is 11.4. The van der Waals surface area contributed by atoms with Crippen LogP contribution in [0.15, 0.2) is 24.3 Å². The molecule has 1 aromatic heterocycles. The lowest BCUT2D eigenvalue weighted by Gasteiger charge is -2.25. The van der Waals surface area contributed by atoms with Crippen molar-refractivity contribution in [3.05, 3.63) is 52.5 Å². The molecular weight excluding hydrogens is 246 g/mol. The van der Waals surface area contributed by atoms with Crippen molar-refractivity contribution in [1.29, 1.82) is 0 Å². The molecular formula is C17H19N3. The van der Waals surface area contributed by atoms with Crippen LogP contribution in [-0.2, 0) is 19.3 Å². The van der Waals surface area contributed by atoms with Crippen LogP contribution in [0.4, 0.5) is 5.82 Å². The Labute approximate surface area is 119 Å². The molecule has 1 atom stereocenters. The highest BCUT2D eigenvalue weighted by Gasteiger charge is 2.26. The Bertz CT molecular complexity index is 663. The molecule has 3 heteroatoms. The summed E-state index contributed by atoms with van der Waals surface area (Å²) in [6.07, 6.45) is 6.79. The summed E-state index contributed by atoms with van der Waals surface area (Å²) in [7, 11) is 0. The van der Waals surface area contributed by atoms with E-state index in [0.717, 1.165) is 25.1 Å². The number of nitrogens with two attached hydrogens (primary N) is 1. The van der Waals surface area contributed by atoms with E-state index in [9.17, 15) is 0 Å². The number of anilines is 1. The third-order valence-electron chi connectivity index (χ3n) is 4.66. The van der Waals surface area contributed by atoms with Crippen molar-refractivity contribution in [3.8, 4) is 0 Å². The van der Waals surface area contributed by atoms with Crippen LogP contribution in [0.3, 0.4) is 0 Å². The second-order valence-electron chi connectivity index (χ2n) is 5.89. The molecule has 102 valence electrons. The fourth-order valence-electron chi connectivity index (χ4n) is 3.66. The van der Waals surface area contributed by atoms with E-state index in [-0.39, 0.29) is 0 Å². The number of nitrogen functional groups attached to an aromatic ring is 1. The maximum absolute atomic E-state index is 6.15. The minimum atomic E-state index is 0.327. The van der Waals surface area contributed by atoms with Gasteiger partial charge in [-0.2, -0.15) is 0 Å². The van der Waals surface area contributed by atoms with Gasteiger partial charge in [-0.05, 0) is 49.7 Å². The second kappa shape index (κ2) is 4.58. The number of aryl methyl sites for hydroxylation is 2. The molecule has 1 aromatic carbocycles. The standard InChI is InChI=1S/C17H19N3/c18-16-14-9-4-10-15(14)19-17(20-16)13-8-3-6-11-5-1-2-7-12(11)13/h1-2,5,7,13H,3-4,6,8-10H2,(H2,18,19,20). The van der Waals surface area contributed by atoms with Gasteiger partial charge in [0.15, 0.2) is 0 Å². The Morgan fingerprint density at radius 1 is 1.00 bits per heavy atom. The number of fused-ring (bicyclic) bond motifs is 2. The maximum Gasteiger partial charge on any atom is 0.138 e. The Morgan fingerprint density at radius 2 is 1.90 bits per heavy atom. The molecule has 0 saturated heterocycles. The molecule has 3 nitrogen and oxygen atoms in total. The second-order valence-corrected chi connectivity index (χ2v) is 5.89. The first-order valence-electron chi connectivity index (χ1n) is 7.56. The molecule has 0 radical (unpaired) electrons. The summed E-state index contributed by atoms with van der Waals surface area (Å²) in [6.45, 7) is 0. The first-order valence-corrected chi connectivity index (χ1v) is 7.56. The van der Waals surface area contributed by atoms with Gasteiger partial charge in [0, 0.05) is 17.2 Å². The zero-order valence-electron chi connectivity index (χ0n) is 11.6. The van der Waals surface area contributed by atoms with Gasteiger partial charge in [0.05, 0.1) is 0 Å². The summed E-state index contributed by atoms with van der Waals surface area (Å²) in [5, 5.41) is 0. The lowest BCUT2D eigenvalue weighted by Crippen LogP contribution is -2.16. The van der Waals surface area contributed by atoms with Gasteiger partial charge in [0.2, 0.25) is 0 Å². The molecule has 20 heavy (non-hydrogen) atoms. The van der Waals surface area contributed by atoms with Gasteiger partial charge in [0.25, 0.3) is 0 Å². The monoisotopic (exact) mass is 265 g/mol. The van der Waals surface area contributed by atoms with E-state index in [4.69, 9.17) is 10.7 Å². The molecule has 0 aliphatic heterocycles. The average molecular weight is 265 g/mol. The van der Waals surface area contributed by atoms with E-state index in [1.165, 1.54) is 41.6 Å². The van der Waals surface area contributed by atoms with Gasteiger partial charge in [-0.25, -0.2) is 9.97 Å². The molecule has 0 amide bonds. The molecule has 1 heterocycles. The molecule has 0 spiro atoms. The van der Waals surface area contributed by atoms with E-state index in [2.05, 4.69) is 29.2 Å². The van der Waals surface area contributed by atoms with E-state index in [1.807, 2.05) is 0 Å². The van der Waals surface area contributed by atoms with Gasteiger partial charge in [-0.3, -0.25) is 0 Å². The molecule has 2 N–H and O–H groups in total. The number of hydrogen-bond acceptors (Lipinski definition) is 3. The molecule has 1 unspecified atom stereocenters. The van der Waals surface area contributed by atoms with Crippen LogP contribution in [-0.4, -0.2) is 9.97 Å². The Morgan fingerprint density at radius 3 is 2.85 bits per heavy atom. The van der Waals surface area contributed by atoms with E-state index < -0.39 is 0 Å². The summed E-state index contributed by atoms with van der Waals surface area (Å²) >= 11 is 0. The third kappa shape index (κ3) is 1.80. The zero-order valence-corrected chi connectivity index (χ0v) is 11.6. The summed E-state index contributed by atoms with van der Waals surface area (Å²) < 4.78 is 0. The van der Waals surface area contributed by atoms with Crippen molar-refractivity contribution in [2.24, 2.45) is 0 Å². The number of nitrogens with zero attached hydrogens (tertiary/aromatic N) is 2. The van der Waals surface area contributed by atoms with Crippen molar-refractivity contribution < 1.29 is 0 Å². The Balaban J connectivity index is 1.81. The van der Waals surface area contributed by atoms with Gasteiger partial charge in [-0.15, -0.1) is 0 Å². The fraction of sp³-hybridized carbons (Fsp3) is 0.412. The van der Waals surface area contributed by atoms with Crippen molar-refractivity contribution in [1.82, 2.24) is 9.97 Å². The van der Waals surface area contributed by atoms with Crippen molar-refractivity contribution >= 4 is 5.82 Å². The minimum absolute atomic E-state index is 0.327. The largest absolute Gasteiger partial charge is 0.383 e. The number of benzene rings is 1. The normalized spacial score (nSPS) is 20.5. The highest BCUT2D eigenvalue weighted by Crippen LogP contribution is 2.36. The molecule has 0 bridgehead atoms. The van der Waals surface area contributed by atoms with Crippen LogP contribution >= 0.6 is 0 Å². The first kappa shape index (κ1) is 11.9. The highest BCUT2D eigenvalue weighted by atomic mass is 15.0. The quantitative estimate of drug-likeness (QED) is 0.862. The van der Waals surface area contributed by atoms with Crippen LogP contribution in [0.25, 0.3) is 0 Å². The molecule has 2 aromatic rings. The SMILES string of the molecule is Nc1nc(C2CCCc3ccccc32)nc2c1CCC2. The summed E-state index contributed by atoms with van der Waals surface area (Å²) in [5.74, 6) is 1.98. The molecule has 0 fully saturated rings. The third-order valence-corrected chi connectivity index (χ3v) is 4.66. The van der Waals surface area contributed by atoms with E-state index in [1.54, 1.807) is 0 Å². The number of hydrogen-bond donors (Lipinski definition) is 1. The fourth-order valence-corrected chi connectivity index (χ4v) is 3.66. The number of rotatable bonds is 1. The molecule has 2 aliphatic carbocycles. The van der Waals surface area contributed by atoms with Crippen LogP contribution < -0.4 is 5.73 Å². The van der Waals surface area contributed by atoms with Crippen LogP contribution in [0.2, 0.25) is 0 Å². The topological polar surface area (TPSA) is 51.8 Å². The van der Waals surface area contributed by atoms with Crippen molar-refractivity contribution in [2.75, 3.05) is 5.73 Å². The van der Waals surface area contributed by atoms with E-state index >= 15 is 0 Å². The van der Waals surface area contributed by atoms with Gasteiger partial charge >= 0.3 is 0 Å². The average Bonchev–Trinajstić information content (AvgIpc) is 2.95. The predicted octanol–water partition coefficient (Wildman–Crippen LogP) is 3.02. The summed E-state index contributed by atoms with van der Waals surface area (Å²) in [6, 6.07) is 8.71. The Hall–Kier alpha value is -1.90. The van der Waals surface area contributed by atoms with Crippen molar-refractivity contribution in [3.63, 3.8) is 0 Å². The van der Waals surface area contributed by atoms with Crippen LogP contribution in [0, 0.1) is 0 Å². The van der Waals surface area contributed by atoms with Crippen LogP contribution in [0.5, 0.6) is 0 Å². The van der Waals surface area contributed by atoms with Gasteiger partial charge < -0.3 is 5.73 Å². The minimum Gasteiger partial charge on any atom is -0.383 e. The smallest absolute Gasteiger partial charge is 0.138 e. The van der Waals surface area contributed by atoms with Crippen molar-refractivity contribution in [2.45, 2.75) is 44.4 Å². The molecule has 0 saturated carbocycles. The highest BCUT2D eigenvalue weighted by molar-refractivity contribution is 5.46. The van der Waals surface area contributed by atoms with E-state index in [0.29, 0.717) is 11.7 Å². The summed E-state index contributed by atoms with van der Waals surface area (Å²) in [4.78, 5) is 9.48. The first-order chi connectivity index (χ1) is 9.83. The Kier molecular flexibility index (Phi) is 2.72. The molecule has 4 rings (SSSR count). The lowest BCUT2D eigenvalue weighted by atomic mass is 9.82. The zero-order chi connectivity index (χ0) is 13.5. The van der Waals surface area contributed by atoms with Crippen LogP contribution in [0.1, 0.15) is 53.4 Å². The van der Waals surface area contributed by atoms with Gasteiger partial charge in [-0.1, -0.05) is 24.3 Å². The van der Waals surface area contributed by atoms with Gasteiger partial charge in [0.1, 0.15) is 11.6 Å². The lowest BCUT2D eigenvalue weighted by molar-refractivity contribution is 0.588. The maximum atomic E-state index is 6.15.